The first-order chi connectivity index (χ1) is 13.4. The predicted octanol–water partition coefficient (Wildman–Crippen LogP) is 5.13. The summed E-state index contributed by atoms with van der Waals surface area (Å²) in [5.74, 6) is 0.470. The van der Waals surface area contributed by atoms with E-state index in [1.54, 1.807) is 30.5 Å². The highest BCUT2D eigenvalue weighted by Crippen LogP contribution is 2.35. The maximum Gasteiger partial charge on any atom is 0.339 e. The van der Waals surface area contributed by atoms with Crippen LogP contribution in [0.15, 0.2) is 76.6 Å². The number of methoxy groups -OCH3 is 1. The van der Waals surface area contributed by atoms with Crippen LogP contribution in [-0.4, -0.2) is 21.7 Å². The van der Waals surface area contributed by atoms with Crippen LogP contribution < -0.4 is 8.92 Å². The van der Waals surface area contributed by atoms with Gasteiger partial charge in [-0.15, -0.1) is 0 Å². The van der Waals surface area contributed by atoms with Crippen LogP contribution in [-0.2, 0) is 10.1 Å². The van der Waals surface area contributed by atoms with E-state index in [4.69, 9.17) is 8.92 Å². The number of ether oxygens (including phenoxy) is 1. The lowest BCUT2D eigenvalue weighted by atomic mass is 10.2. The highest BCUT2D eigenvalue weighted by molar-refractivity contribution is 14.1. The van der Waals surface area contributed by atoms with Gasteiger partial charge in [0.1, 0.15) is 4.90 Å². The van der Waals surface area contributed by atoms with Gasteiger partial charge in [0.15, 0.2) is 11.5 Å². The van der Waals surface area contributed by atoms with Gasteiger partial charge in [0.05, 0.1) is 16.4 Å². The molecule has 0 atom stereocenters. The third-order valence-corrected chi connectivity index (χ3v) is 5.91. The van der Waals surface area contributed by atoms with Gasteiger partial charge in [-0.25, -0.2) is 0 Å². The monoisotopic (exact) mass is 507 g/mol. The molecule has 3 rings (SSSR count). The molecule has 0 radical (unpaired) electrons. The van der Waals surface area contributed by atoms with E-state index in [-0.39, 0.29) is 10.6 Å². The van der Waals surface area contributed by atoms with E-state index in [9.17, 15) is 8.42 Å². The molecule has 3 aromatic rings. The number of aliphatic imine (C=N–C) groups is 1. The minimum atomic E-state index is -3.97. The van der Waals surface area contributed by atoms with Gasteiger partial charge >= 0.3 is 10.1 Å². The highest BCUT2D eigenvalue weighted by atomic mass is 127. The van der Waals surface area contributed by atoms with E-state index in [2.05, 4.69) is 4.99 Å². The van der Waals surface area contributed by atoms with Crippen molar-refractivity contribution >= 4 is 44.6 Å². The van der Waals surface area contributed by atoms with Gasteiger partial charge in [0, 0.05) is 6.21 Å². The van der Waals surface area contributed by atoms with Crippen molar-refractivity contribution in [3.8, 4) is 11.5 Å². The number of aryl methyl sites for hydroxylation is 1. The van der Waals surface area contributed by atoms with Gasteiger partial charge < -0.3 is 8.92 Å². The summed E-state index contributed by atoms with van der Waals surface area (Å²) < 4.78 is 36.6. The molecule has 28 heavy (non-hydrogen) atoms. The molecule has 0 spiro atoms. The predicted molar refractivity (Wildman–Crippen MR) is 118 cm³/mol. The summed E-state index contributed by atoms with van der Waals surface area (Å²) in [6, 6.07) is 19.5. The maximum atomic E-state index is 12.6. The summed E-state index contributed by atoms with van der Waals surface area (Å²) in [5, 5.41) is 0. The first kappa shape index (κ1) is 20.3. The second-order valence-electron chi connectivity index (χ2n) is 5.98. The summed E-state index contributed by atoms with van der Waals surface area (Å²) in [4.78, 5) is 4.50. The van der Waals surface area contributed by atoms with Crippen LogP contribution in [0.2, 0.25) is 0 Å². The molecular weight excluding hydrogens is 489 g/mol. The first-order valence-corrected chi connectivity index (χ1v) is 10.9. The zero-order valence-corrected chi connectivity index (χ0v) is 18.3. The van der Waals surface area contributed by atoms with E-state index in [0.29, 0.717) is 9.32 Å². The van der Waals surface area contributed by atoms with E-state index < -0.39 is 10.1 Å². The van der Waals surface area contributed by atoms with Crippen LogP contribution in [0.1, 0.15) is 11.1 Å². The topological polar surface area (TPSA) is 65.0 Å². The lowest BCUT2D eigenvalue weighted by molar-refractivity contribution is 0.389. The van der Waals surface area contributed by atoms with Crippen LogP contribution in [0.5, 0.6) is 11.5 Å². The fraction of sp³-hybridized carbons (Fsp3) is 0.0952. The Morgan fingerprint density at radius 2 is 1.68 bits per heavy atom. The molecule has 3 aromatic carbocycles. The summed E-state index contributed by atoms with van der Waals surface area (Å²) in [5.41, 5.74) is 2.55. The molecule has 0 amide bonds. The standard InChI is InChI=1S/C21H18INO4S/c1-15-8-10-18(11-9-15)28(24,25)27-21-19(22)12-16(13-20(21)26-2)14-23-17-6-4-3-5-7-17/h3-14H,1-2H3. The molecule has 0 N–H and O–H groups in total. The van der Waals surface area contributed by atoms with Crippen LogP contribution in [0.3, 0.4) is 0 Å². The van der Waals surface area contributed by atoms with Crippen molar-refractivity contribution in [2.24, 2.45) is 4.99 Å². The quantitative estimate of drug-likeness (QED) is 0.264. The Hall–Kier alpha value is -2.39. The zero-order valence-electron chi connectivity index (χ0n) is 15.3. The Kier molecular flexibility index (Phi) is 6.35. The third kappa shape index (κ3) is 4.90. The first-order valence-electron chi connectivity index (χ1n) is 8.37. The Morgan fingerprint density at radius 1 is 1.00 bits per heavy atom. The molecule has 0 heterocycles. The van der Waals surface area contributed by atoms with Gasteiger partial charge in [-0.1, -0.05) is 35.9 Å². The van der Waals surface area contributed by atoms with Crippen molar-refractivity contribution in [1.29, 1.82) is 0 Å². The molecule has 0 bridgehead atoms. The summed E-state index contributed by atoms with van der Waals surface area (Å²) in [6.07, 6.45) is 1.69. The van der Waals surface area contributed by atoms with Crippen LogP contribution in [0.4, 0.5) is 5.69 Å². The molecule has 0 aliphatic rings. The largest absolute Gasteiger partial charge is 0.493 e. The highest BCUT2D eigenvalue weighted by Gasteiger charge is 2.21. The number of halogens is 1. The average molecular weight is 507 g/mol. The van der Waals surface area contributed by atoms with E-state index in [1.807, 2.05) is 59.8 Å². The van der Waals surface area contributed by atoms with E-state index >= 15 is 0 Å². The Balaban J connectivity index is 1.91. The lowest BCUT2D eigenvalue weighted by Gasteiger charge is -2.13. The normalized spacial score (nSPS) is 11.5. The molecule has 0 unspecified atom stereocenters. The second-order valence-corrected chi connectivity index (χ2v) is 8.69. The Bertz CT molecular complexity index is 1100. The van der Waals surface area contributed by atoms with E-state index in [1.165, 1.54) is 19.2 Å². The van der Waals surface area contributed by atoms with Gasteiger partial charge in [0.2, 0.25) is 0 Å². The van der Waals surface area contributed by atoms with Gasteiger partial charge in [-0.3, -0.25) is 4.99 Å². The van der Waals surface area contributed by atoms with Crippen molar-refractivity contribution in [1.82, 2.24) is 0 Å². The fourth-order valence-electron chi connectivity index (χ4n) is 2.42. The summed E-state index contributed by atoms with van der Waals surface area (Å²) >= 11 is 2.02. The molecule has 0 aliphatic carbocycles. The van der Waals surface area contributed by atoms with Crippen LogP contribution >= 0.6 is 22.6 Å². The lowest BCUT2D eigenvalue weighted by Crippen LogP contribution is -2.11. The number of benzene rings is 3. The number of hydrogen-bond acceptors (Lipinski definition) is 5. The fourth-order valence-corrected chi connectivity index (χ4v) is 4.26. The molecule has 144 valence electrons. The molecule has 0 saturated carbocycles. The summed E-state index contributed by atoms with van der Waals surface area (Å²) in [7, 11) is -2.50. The average Bonchev–Trinajstić information content (AvgIpc) is 2.69. The van der Waals surface area contributed by atoms with Crippen LogP contribution in [0, 0.1) is 10.5 Å². The molecule has 7 heteroatoms. The second kappa shape index (κ2) is 8.74. The summed E-state index contributed by atoms with van der Waals surface area (Å²) in [6.45, 7) is 1.89. The number of hydrogen-bond donors (Lipinski definition) is 0. The number of rotatable bonds is 6. The van der Waals surface area contributed by atoms with Crippen LogP contribution in [0.25, 0.3) is 0 Å². The smallest absolute Gasteiger partial charge is 0.339 e. The third-order valence-electron chi connectivity index (χ3n) is 3.87. The van der Waals surface area contributed by atoms with Gasteiger partial charge in [-0.2, -0.15) is 8.42 Å². The van der Waals surface area contributed by atoms with Crippen molar-refractivity contribution in [2.75, 3.05) is 7.11 Å². The van der Waals surface area contributed by atoms with Crippen molar-refractivity contribution in [3.63, 3.8) is 0 Å². The van der Waals surface area contributed by atoms with Gasteiger partial charge in [-0.05, 0) is 71.5 Å². The maximum absolute atomic E-state index is 12.6. The van der Waals surface area contributed by atoms with Crippen molar-refractivity contribution in [2.45, 2.75) is 11.8 Å². The van der Waals surface area contributed by atoms with Crippen molar-refractivity contribution < 1.29 is 17.3 Å². The number of nitrogens with zero attached hydrogens (tertiary/aromatic N) is 1. The molecular formula is C21H18INO4S. The minimum Gasteiger partial charge on any atom is -0.493 e. The Labute approximate surface area is 178 Å². The molecule has 5 nitrogen and oxygen atoms in total. The molecule has 0 aromatic heterocycles. The molecule has 0 saturated heterocycles. The molecule has 0 fully saturated rings. The molecule has 0 aliphatic heterocycles. The minimum absolute atomic E-state index is 0.0886. The Morgan fingerprint density at radius 3 is 2.32 bits per heavy atom. The van der Waals surface area contributed by atoms with E-state index in [0.717, 1.165) is 16.8 Å². The van der Waals surface area contributed by atoms with Crippen molar-refractivity contribution in [3.05, 3.63) is 81.4 Å². The SMILES string of the molecule is COc1cc(C=Nc2ccccc2)cc(I)c1OS(=O)(=O)c1ccc(C)cc1. The number of para-hydroxylation sites is 1. The zero-order chi connectivity index (χ0) is 20.1. The van der Waals surface area contributed by atoms with Gasteiger partial charge in [0.25, 0.3) is 0 Å².